The number of benzene rings is 1. The smallest absolute Gasteiger partial charge is 0.137 e. The molecule has 120 valence electrons. The van der Waals surface area contributed by atoms with Crippen LogP contribution in [0.2, 0.25) is 5.02 Å². The number of rotatable bonds is 9. The van der Waals surface area contributed by atoms with Gasteiger partial charge in [0, 0.05) is 25.7 Å². The molecule has 0 bridgehead atoms. The van der Waals surface area contributed by atoms with Crippen molar-refractivity contribution in [2.75, 3.05) is 47.4 Å². The van der Waals surface area contributed by atoms with E-state index in [9.17, 15) is 0 Å². The molecule has 1 rings (SSSR count). The van der Waals surface area contributed by atoms with Gasteiger partial charge in [-0.1, -0.05) is 24.6 Å². The van der Waals surface area contributed by atoms with Crippen LogP contribution in [0.3, 0.4) is 0 Å². The van der Waals surface area contributed by atoms with Gasteiger partial charge in [-0.25, -0.2) is 0 Å². The first kappa shape index (κ1) is 18.2. The second kappa shape index (κ2) is 9.26. The number of hydrogen-bond donors (Lipinski definition) is 1. The number of methoxy groups -OCH3 is 1. The fraction of sp³-hybridized carbons (Fsp3) is 0.625. The van der Waals surface area contributed by atoms with Crippen LogP contribution < -0.4 is 10.5 Å². The molecule has 1 aromatic rings. The highest BCUT2D eigenvalue weighted by molar-refractivity contribution is 6.32. The van der Waals surface area contributed by atoms with Gasteiger partial charge in [-0.2, -0.15) is 0 Å². The van der Waals surface area contributed by atoms with Gasteiger partial charge < -0.3 is 15.4 Å². The Morgan fingerprint density at radius 3 is 2.43 bits per heavy atom. The summed E-state index contributed by atoms with van der Waals surface area (Å²) in [6, 6.07) is 6.13. The number of likely N-dealkylation sites (N-methyl/N-ethyl adjacent to an activating group) is 1. The molecule has 1 atom stereocenters. The molecule has 0 aliphatic heterocycles. The summed E-state index contributed by atoms with van der Waals surface area (Å²) >= 11 is 6.25. The van der Waals surface area contributed by atoms with E-state index < -0.39 is 0 Å². The average molecular weight is 314 g/mol. The Bertz CT molecular complexity index is 426. The standard InChI is InChI=1S/C16H28ClN3O/c1-5-8-20(10-9-19(2)3)15(12-18)13-6-7-16(21-4)14(17)11-13/h6-7,11,15H,5,8-10,12,18H2,1-4H3. The second-order valence-corrected chi connectivity index (χ2v) is 5.89. The van der Waals surface area contributed by atoms with E-state index in [1.54, 1.807) is 7.11 Å². The fourth-order valence-electron chi connectivity index (χ4n) is 2.43. The number of nitrogens with two attached hydrogens (primary N) is 1. The SMILES string of the molecule is CCCN(CCN(C)C)C(CN)c1ccc(OC)c(Cl)c1. The second-order valence-electron chi connectivity index (χ2n) is 5.48. The molecule has 4 nitrogen and oxygen atoms in total. The first-order valence-corrected chi connectivity index (χ1v) is 7.83. The van der Waals surface area contributed by atoms with E-state index in [-0.39, 0.29) is 6.04 Å². The van der Waals surface area contributed by atoms with Gasteiger partial charge in [-0.05, 0) is 44.8 Å². The van der Waals surface area contributed by atoms with Gasteiger partial charge in [0.2, 0.25) is 0 Å². The molecule has 0 aromatic heterocycles. The van der Waals surface area contributed by atoms with Crippen molar-refractivity contribution >= 4 is 11.6 Å². The van der Waals surface area contributed by atoms with Crippen LogP contribution in [0.4, 0.5) is 0 Å². The minimum atomic E-state index is 0.188. The van der Waals surface area contributed by atoms with Crippen LogP contribution in [0.25, 0.3) is 0 Å². The van der Waals surface area contributed by atoms with E-state index in [1.807, 2.05) is 12.1 Å². The van der Waals surface area contributed by atoms with Crippen LogP contribution in [-0.2, 0) is 0 Å². The van der Waals surface area contributed by atoms with Crippen molar-refractivity contribution in [3.8, 4) is 5.75 Å². The number of halogens is 1. The lowest BCUT2D eigenvalue weighted by atomic mass is 10.0. The van der Waals surface area contributed by atoms with Gasteiger partial charge in [0.05, 0.1) is 12.1 Å². The third-order valence-corrected chi connectivity index (χ3v) is 3.87. The van der Waals surface area contributed by atoms with E-state index in [0.29, 0.717) is 17.3 Å². The molecular weight excluding hydrogens is 286 g/mol. The fourth-order valence-corrected chi connectivity index (χ4v) is 2.69. The highest BCUT2D eigenvalue weighted by atomic mass is 35.5. The Morgan fingerprint density at radius 1 is 1.24 bits per heavy atom. The van der Waals surface area contributed by atoms with Crippen LogP contribution in [0.5, 0.6) is 5.75 Å². The van der Waals surface area contributed by atoms with Crippen molar-refractivity contribution in [3.05, 3.63) is 28.8 Å². The van der Waals surface area contributed by atoms with E-state index >= 15 is 0 Å². The molecule has 0 fully saturated rings. The van der Waals surface area contributed by atoms with E-state index in [2.05, 4.69) is 36.9 Å². The zero-order valence-electron chi connectivity index (χ0n) is 13.6. The van der Waals surface area contributed by atoms with Crippen molar-refractivity contribution in [1.29, 1.82) is 0 Å². The molecule has 0 amide bonds. The number of hydrogen-bond acceptors (Lipinski definition) is 4. The van der Waals surface area contributed by atoms with Gasteiger partial charge in [0.15, 0.2) is 0 Å². The van der Waals surface area contributed by atoms with Crippen LogP contribution in [0, 0.1) is 0 Å². The van der Waals surface area contributed by atoms with Crippen LogP contribution in [0.1, 0.15) is 24.9 Å². The predicted molar refractivity (Wildman–Crippen MR) is 90.2 cm³/mol. The molecule has 0 aliphatic rings. The van der Waals surface area contributed by atoms with Gasteiger partial charge >= 0.3 is 0 Å². The average Bonchev–Trinajstić information content (AvgIpc) is 2.45. The molecular formula is C16H28ClN3O. The largest absolute Gasteiger partial charge is 0.495 e. The van der Waals surface area contributed by atoms with Crippen LogP contribution >= 0.6 is 11.6 Å². The van der Waals surface area contributed by atoms with Gasteiger partial charge in [-0.15, -0.1) is 0 Å². The van der Waals surface area contributed by atoms with Crippen molar-refractivity contribution in [2.45, 2.75) is 19.4 Å². The van der Waals surface area contributed by atoms with Crippen molar-refractivity contribution in [1.82, 2.24) is 9.80 Å². The molecule has 0 heterocycles. The molecule has 5 heteroatoms. The third kappa shape index (κ3) is 5.47. The Hall–Kier alpha value is -0.810. The summed E-state index contributed by atoms with van der Waals surface area (Å²) in [6.07, 6.45) is 1.10. The molecule has 0 saturated carbocycles. The molecule has 21 heavy (non-hydrogen) atoms. The lowest BCUT2D eigenvalue weighted by molar-refractivity contribution is 0.182. The van der Waals surface area contributed by atoms with Gasteiger partial charge in [0.25, 0.3) is 0 Å². The topological polar surface area (TPSA) is 41.7 Å². The Balaban J connectivity index is 2.93. The maximum absolute atomic E-state index is 6.25. The Morgan fingerprint density at radius 2 is 1.95 bits per heavy atom. The summed E-state index contributed by atoms with van der Waals surface area (Å²) in [5.41, 5.74) is 7.18. The van der Waals surface area contributed by atoms with E-state index in [1.165, 1.54) is 0 Å². The molecule has 0 aliphatic carbocycles. The van der Waals surface area contributed by atoms with E-state index in [0.717, 1.165) is 31.6 Å². The van der Waals surface area contributed by atoms with Crippen molar-refractivity contribution in [3.63, 3.8) is 0 Å². The minimum absolute atomic E-state index is 0.188. The molecule has 0 saturated heterocycles. The summed E-state index contributed by atoms with van der Waals surface area (Å²) in [7, 11) is 5.80. The van der Waals surface area contributed by atoms with Crippen LogP contribution in [0.15, 0.2) is 18.2 Å². The third-order valence-electron chi connectivity index (χ3n) is 3.57. The Labute approximate surface area is 133 Å². The summed E-state index contributed by atoms with van der Waals surface area (Å²) in [5, 5.41) is 0.637. The summed E-state index contributed by atoms with van der Waals surface area (Å²) in [5.74, 6) is 0.700. The van der Waals surface area contributed by atoms with Gasteiger partial charge in [-0.3, -0.25) is 4.90 Å². The molecule has 2 N–H and O–H groups in total. The van der Waals surface area contributed by atoms with Crippen molar-refractivity contribution in [2.24, 2.45) is 5.73 Å². The maximum atomic E-state index is 6.25. The molecule has 0 spiro atoms. The summed E-state index contributed by atoms with van der Waals surface area (Å²) in [6.45, 7) is 5.80. The van der Waals surface area contributed by atoms with E-state index in [4.69, 9.17) is 22.1 Å². The zero-order chi connectivity index (χ0) is 15.8. The summed E-state index contributed by atoms with van der Waals surface area (Å²) < 4.78 is 5.22. The molecule has 0 radical (unpaired) electrons. The number of nitrogens with zero attached hydrogens (tertiary/aromatic N) is 2. The number of ether oxygens (including phenoxy) is 1. The molecule has 1 unspecified atom stereocenters. The van der Waals surface area contributed by atoms with Gasteiger partial charge in [0.1, 0.15) is 5.75 Å². The quantitative estimate of drug-likeness (QED) is 0.761. The normalized spacial score (nSPS) is 13.0. The monoisotopic (exact) mass is 313 g/mol. The van der Waals surface area contributed by atoms with Crippen LogP contribution in [-0.4, -0.2) is 57.2 Å². The predicted octanol–water partition coefficient (Wildman–Crippen LogP) is 2.62. The Kier molecular flexibility index (Phi) is 8.04. The maximum Gasteiger partial charge on any atom is 0.137 e. The van der Waals surface area contributed by atoms with Crippen molar-refractivity contribution < 1.29 is 4.74 Å². The highest BCUT2D eigenvalue weighted by Gasteiger charge is 2.19. The molecule has 1 aromatic carbocycles. The zero-order valence-corrected chi connectivity index (χ0v) is 14.4. The lowest BCUT2D eigenvalue weighted by Gasteiger charge is -2.32. The first-order chi connectivity index (χ1) is 10.0. The lowest BCUT2D eigenvalue weighted by Crippen LogP contribution is -2.38. The first-order valence-electron chi connectivity index (χ1n) is 7.45. The minimum Gasteiger partial charge on any atom is -0.495 e. The highest BCUT2D eigenvalue weighted by Crippen LogP contribution is 2.29. The summed E-state index contributed by atoms with van der Waals surface area (Å²) in [4.78, 5) is 4.62.